The lowest BCUT2D eigenvalue weighted by Gasteiger charge is -2.33. The third-order valence-corrected chi connectivity index (χ3v) is 5.18. The van der Waals surface area contributed by atoms with Crippen molar-refractivity contribution in [2.75, 3.05) is 13.1 Å². The standard InChI is InChI=1S/C17H23N3OS/c1-14-11-18-20(12-14)15-5-3-9-19(13-15)17(21)8-2-6-16-7-4-10-22-16/h4,7,10-12,15H,2-3,5-6,8-9,13H2,1H3/t15-/m0/s1. The summed E-state index contributed by atoms with van der Waals surface area (Å²) in [5, 5.41) is 6.50. The summed E-state index contributed by atoms with van der Waals surface area (Å²) >= 11 is 1.77. The van der Waals surface area contributed by atoms with E-state index < -0.39 is 0 Å². The van der Waals surface area contributed by atoms with E-state index in [1.807, 2.05) is 15.8 Å². The molecule has 1 atom stereocenters. The quantitative estimate of drug-likeness (QED) is 0.847. The molecule has 1 aliphatic rings. The molecule has 5 heteroatoms. The maximum absolute atomic E-state index is 12.4. The van der Waals surface area contributed by atoms with E-state index in [1.54, 1.807) is 11.3 Å². The van der Waals surface area contributed by atoms with Crippen LogP contribution in [0.1, 0.15) is 42.2 Å². The Kier molecular flexibility index (Phi) is 4.93. The maximum Gasteiger partial charge on any atom is 0.222 e. The van der Waals surface area contributed by atoms with E-state index in [1.165, 1.54) is 10.4 Å². The van der Waals surface area contributed by atoms with Gasteiger partial charge < -0.3 is 4.90 Å². The predicted octanol–water partition coefficient (Wildman–Crippen LogP) is 3.44. The van der Waals surface area contributed by atoms with Crippen molar-refractivity contribution < 1.29 is 4.79 Å². The highest BCUT2D eigenvalue weighted by molar-refractivity contribution is 7.09. The van der Waals surface area contributed by atoms with Crippen molar-refractivity contribution in [1.29, 1.82) is 0 Å². The molecule has 2 aromatic rings. The number of carbonyl (C=O) groups is 1. The summed E-state index contributed by atoms with van der Waals surface area (Å²) in [4.78, 5) is 15.8. The van der Waals surface area contributed by atoms with Crippen molar-refractivity contribution in [3.05, 3.63) is 40.3 Å². The highest BCUT2D eigenvalue weighted by Crippen LogP contribution is 2.22. The van der Waals surface area contributed by atoms with Crippen LogP contribution < -0.4 is 0 Å². The van der Waals surface area contributed by atoms with Crippen molar-refractivity contribution in [2.45, 2.75) is 45.1 Å². The van der Waals surface area contributed by atoms with E-state index in [-0.39, 0.29) is 0 Å². The van der Waals surface area contributed by atoms with Gasteiger partial charge in [0, 0.05) is 30.6 Å². The molecule has 0 unspecified atom stereocenters. The summed E-state index contributed by atoms with van der Waals surface area (Å²) in [6.07, 6.45) is 8.76. The zero-order chi connectivity index (χ0) is 15.4. The van der Waals surface area contributed by atoms with Crippen LogP contribution in [0.15, 0.2) is 29.9 Å². The number of rotatable bonds is 5. The average Bonchev–Trinajstić information content (AvgIpc) is 3.19. The van der Waals surface area contributed by atoms with Crippen molar-refractivity contribution in [2.24, 2.45) is 0 Å². The van der Waals surface area contributed by atoms with Crippen LogP contribution in [0.5, 0.6) is 0 Å². The molecule has 1 fully saturated rings. The average molecular weight is 317 g/mol. The second-order valence-corrected chi connectivity index (χ2v) is 7.10. The number of aryl methyl sites for hydroxylation is 2. The van der Waals surface area contributed by atoms with Crippen LogP contribution >= 0.6 is 11.3 Å². The molecule has 0 saturated carbocycles. The van der Waals surface area contributed by atoms with Gasteiger partial charge in [-0.3, -0.25) is 9.48 Å². The minimum absolute atomic E-state index is 0.296. The van der Waals surface area contributed by atoms with E-state index in [0.29, 0.717) is 18.4 Å². The van der Waals surface area contributed by atoms with Gasteiger partial charge in [0.25, 0.3) is 0 Å². The third kappa shape index (κ3) is 3.77. The van der Waals surface area contributed by atoms with Crippen molar-refractivity contribution in [3.63, 3.8) is 0 Å². The summed E-state index contributed by atoms with van der Waals surface area (Å²) in [7, 11) is 0. The number of thiophene rings is 1. The Balaban J connectivity index is 1.49. The monoisotopic (exact) mass is 317 g/mol. The molecule has 118 valence electrons. The van der Waals surface area contributed by atoms with Crippen LogP contribution in [0.3, 0.4) is 0 Å². The van der Waals surface area contributed by atoms with E-state index >= 15 is 0 Å². The number of aromatic nitrogens is 2. The summed E-state index contributed by atoms with van der Waals surface area (Å²) in [6, 6.07) is 4.55. The van der Waals surface area contributed by atoms with Gasteiger partial charge >= 0.3 is 0 Å². The smallest absolute Gasteiger partial charge is 0.222 e. The highest BCUT2D eigenvalue weighted by atomic mass is 32.1. The topological polar surface area (TPSA) is 38.1 Å². The summed E-state index contributed by atoms with van der Waals surface area (Å²) in [6.45, 7) is 3.76. The second kappa shape index (κ2) is 7.09. The van der Waals surface area contributed by atoms with Crippen LogP contribution in [-0.2, 0) is 11.2 Å². The Morgan fingerprint density at radius 3 is 3.14 bits per heavy atom. The van der Waals surface area contributed by atoms with Crippen LogP contribution in [0.2, 0.25) is 0 Å². The van der Waals surface area contributed by atoms with Gasteiger partial charge in [-0.15, -0.1) is 11.3 Å². The van der Waals surface area contributed by atoms with Gasteiger partial charge in [-0.25, -0.2) is 0 Å². The second-order valence-electron chi connectivity index (χ2n) is 6.07. The van der Waals surface area contributed by atoms with E-state index in [4.69, 9.17) is 0 Å². The number of nitrogens with zero attached hydrogens (tertiary/aromatic N) is 3. The molecule has 0 radical (unpaired) electrons. The molecular formula is C17H23N3OS. The number of likely N-dealkylation sites (tertiary alicyclic amines) is 1. The van der Waals surface area contributed by atoms with E-state index in [9.17, 15) is 4.79 Å². The first-order chi connectivity index (χ1) is 10.7. The van der Waals surface area contributed by atoms with Gasteiger partial charge in [-0.2, -0.15) is 5.10 Å². The first-order valence-corrected chi connectivity index (χ1v) is 8.91. The Hall–Kier alpha value is -1.62. The lowest BCUT2D eigenvalue weighted by molar-refractivity contribution is -0.133. The Bertz CT molecular complexity index is 605. The lowest BCUT2D eigenvalue weighted by atomic mass is 10.0. The van der Waals surface area contributed by atoms with Crippen LogP contribution in [0.4, 0.5) is 0 Å². The molecule has 0 bridgehead atoms. The van der Waals surface area contributed by atoms with Gasteiger partial charge in [0.05, 0.1) is 12.2 Å². The fraction of sp³-hybridized carbons (Fsp3) is 0.529. The Morgan fingerprint density at radius 1 is 1.50 bits per heavy atom. The van der Waals surface area contributed by atoms with Gasteiger partial charge in [0.15, 0.2) is 0 Å². The van der Waals surface area contributed by atoms with Gasteiger partial charge in [-0.05, 0) is 49.6 Å². The molecule has 0 spiro atoms. The normalized spacial score (nSPS) is 18.6. The van der Waals surface area contributed by atoms with E-state index in [2.05, 4.69) is 35.7 Å². The Labute approximate surface area is 135 Å². The van der Waals surface area contributed by atoms with Crippen molar-refractivity contribution >= 4 is 17.2 Å². The lowest BCUT2D eigenvalue weighted by Crippen LogP contribution is -2.40. The summed E-state index contributed by atoms with van der Waals surface area (Å²) in [5.41, 5.74) is 1.18. The number of piperidine rings is 1. The van der Waals surface area contributed by atoms with Crippen LogP contribution in [-0.4, -0.2) is 33.7 Å². The zero-order valence-corrected chi connectivity index (χ0v) is 13.9. The number of hydrogen-bond acceptors (Lipinski definition) is 3. The number of carbonyl (C=O) groups excluding carboxylic acids is 1. The van der Waals surface area contributed by atoms with Gasteiger partial charge in [0.1, 0.15) is 0 Å². The fourth-order valence-corrected chi connectivity index (χ4v) is 3.81. The van der Waals surface area contributed by atoms with Crippen LogP contribution in [0.25, 0.3) is 0 Å². The minimum Gasteiger partial charge on any atom is -0.341 e. The number of hydrogen-bond donors (Lipinski definition) is 0. The highest BCUT2D eigenvalue weighted by Gasteiger charge is 2.24. The van der Waals surface area contributed by atoms with E-state index in [0.717, 1.165) is 38.8 Å². The largest absolute Gasteiger partial charge is 0.341 e. The molecule has 0 N–H and O–H groups in total. The van der Waals surface area contributed by atoms with Crippen molar-refractivity contribution in [3.8, 4) is 0 Å². The molecular weight excluding hydrogens is 294 g/mol. The molecule has 1 amide bonds. The van der Waals surface area contributed by atoms with Gasteiger partial charge in [0.2, 0.25) is 5.91 Å². The molecule has 3 heterocycles. The molecule has 3 rings (SSSR count). The molecule has 4 nitrogen and oxygen atoms in total. The molecule has 0 aromatic carbocycles. The predicted molar refractivity (Wildman–Crippen MR) is 89.1 cm³/mol. The molecule has 1 aliphatic heterocycles. The van der Waals surface area contributed by atoms with Crippen LogP contribution in [0, 0.1) is 6.92 Å². The third-order valence-electron chi connectivity index (χ3n) is 4.25. The maximum atomic E-state index is 12.4. The fourth-order valence-electron chi connectivity index (χ4n) is 3.06. The van der Waals surface area contributed by atoms with Crippen molar-refractivity contribution in [1.82, 2.24) is 14.7 Å². The zero-order valence-electron chi connectivity index (χ0n) is 13.1. The SMILES string of the molecule is Cc1cnn([C@H]2CCCN(C(=O)CCCc3cccs3)C2)c1. The molecule has 1 saturated heterocycles. The summed E-state index contributed by atoms with van der Waals surface area (Å²) < 4.78 is 2.03. The molecule has 2 aromatic heterocycles. The minimum atomic E-state index is 0.296. The Morgan fingerprint density at radius 2 is 2.41 bits per heavy atom. The summed E-state index contributed by atoms with van der Waals surface area (Å²) in [5.74, 6) is 0.296. The molecule has 0 aliphatic carbocycles. The number of amides is 1. The first kappa shape index (κ1) is 15.3. The van der Waals surface area contributed by atoms with Gasteiger partial charge in [-0.1, -0.05) is 6.07 Å². The molecule has 22 heavy (non-hydrogen) atoms. The first-order valence-electron chi connectivity index (χ1n) is 8.03.